The van der Waals surface area contributed by atoms with E-state index in [0.29, 0.717) is 19.4 Å². The Hall–Kier alpha value is -0.750. The monoisotopic (exact) mass is 250 g/mol. The van der Waals surface area contributed by atoms with E-state index < -0.39 is 12.0 Å². The number of hydrogen-bond donors (Lipinski definition) is 2. The minimum absolute atomic E-state index is 0.0669. The quantitative estimate of drug-likeness (QED) is 0.762. The third-order valence-electron chi connectivity index (χ3n) is 3.07. The van der Waals surface area contributed by atoms with Crippen molar-refractivity contribution in [2.45, 2.75) is 37.6 Å². The molecule has 0 bridgehead atoms. The summed E-state index contributed by atoms with van der Waals surface area (Å²) in [6.45, 7) is 0.535. The van der Waals surface area contributed by atoms with Crippen LogP contribution in [0.5, 0.6) is 0 Å². The summed E-state index contributed by atoms with van der Waals surface area (Å²) in [7, 11) is 1.51. The molecular formula is C11H20F2N2O2. The van der Waals surface area contributed by atoms with Gasteiger partial charge in [-0.05, 0) is 18.8 Å². The summed E-state index contributed by atoms with van der Waals surface area (Å²) >= 11 is 0. The Morgan fingerprint density at radius 1 is 1.53 bits per heavy atom. The molecule has 0 radical (unpaired) electrons. The van der Waals surface area contributed by atoms with E-state index in [1.807, 2.05) is 0 Å². The molecule has 1 amide bonds. The predicted molar refractivity (Wildman–Crippen MR) is 59.8 cm³/mol. The van der Waals surface area contributed by atoms with Crippen LogP contribution in [0.2, 0.25) is 0 Å². The molecule has 0 aromatic rings. The molecule has 1 aliphatic rings. The third kappa shape index (κ3) is 4.95. The van der Waals surface area contributed by atoms with Crippen molar-refractivity contribution in [3.63, 3.8) is 0 Å². The fourth-order valence-electron chi connectivity index (χ4n) is 1.89. The van der Waals surface area contributed by atoms with Crippen LogP contribution in [0.3, 0.4) is 0 Å². The lowest BCUT2D eigenvalue weighted by Crippen LogP contribution is -2.42. The summed E-state index contributed by atoms with van der Waals surface area (Å²) in [5.41, 5.74) is 5.53. The molecule has 1 atom stereocenters. The lowest BCUT2D eigenvalue weighted by Gasteiger charge is -2.28. The van der Waals surface area contributed by atoms with E-state index in [1.54, 1.807) is 0 Å². The van der Waals surface area contributed by atoms with Crippen molar-refractivity contribution in [2.24, 2.45) is 11.7 Å². The average Bonchev–Trinajstić information content (AvgIpc) is 2.30. The summed E-state index contributed by atoms with van der Waals surface area (Å²) in [5.74, 6) is -2.62. The Morgan fingerprint density at radius 2 is 2.12 bits per heavy atom. The fourth-order valence-corrected chi connectivity index (χ4v) is 1.89. The third-order valence-corrected chi connectivity index (χ3v) is 3.07. The van der Waals surface area contributed by atoms with Crippen molar-refractivity contribution in [2.75, 3.05) is 20.3 Å². The maximum atomic E-state index is 12.9. The zero-order chi connectivity index (χ0) is 12.9. The van der Waals surface area contributed by atoms with Crippen LogP contribution in [0.4, 0.5) is 8.78 Å². The van der Waals surface area contributed by atoms with Crippen LogP contribution in [-0.4, -0.2) is 38.1 Å². The molecule has 1 unspecified atom stereocenters. The molecule has 0 aromatic carbocycles. The number of carbonyl (C=O) groups is 1. The van der Waals surface area contributed by atoms with Crippen LogP contribution in [-0.2, 0) is 9.53 Å². The molecule has 17 heavy (non-hydrogen) atoms. The Bertz CT molecular complexity index is 252. The van der Waals surface area contributed by atoms with Gasteiger partial charge in [-0.2, -0.15) is 0 Å². The van der Waals surface area contributed by atoms with Crippen molar-refractivity contribution in [3.8, 4) is 0 Å². The summed E-state index contributed by atoms with van der Waals surface area (Å²) in [4.78, 5) is 11.1. The summed E-state index contributed by atoms with van der Waals surface area (Å²) in [5, 5.41) is 2.42. The molecular weight excluding hydrogens is 230 g/mol. The molecule has 3 N–H and O–H groups in total. The van der Waals surface area contributed by atoms with E-state index in [4.69, 9.17) is 10.5 Å². The van der Waals surface area contributed by atoms with Gasteiger partial charge in [0.05, 0.1) is 6.61 Å². The second-order valence-electron chi connectivity index (χ2n) is 4.56. The molecule has 0 heterocycles. The topological polar surface area (TPSA) is 64.4 Å². The normalized spacial score (nSPS) is 22.1. The van der Waals surface area contributed by atoms with Crippen molar-refractivity contribution in [1.82, 2.24) is 5.32 Å². The first-order chi connectivity index (χ1) is 7.94. The first-order valence-corrected chi connectivity index (χ1v) is 5.87. The lowest BCUT2D eigenvalue weighted by atomic mass is 9.87. The molecule has 4 nitrogen and oxygen atoms in total. The number of halogens is 2. The molecule has 1 saturated carbocycles. The zero-order valence-electron chi connectivity index (χ0n) is 10.0. The number of alkyl halides is 2. The summed E-state index contributed by atoms with van der Waals surface area (Å²) in [6.07, 6.45) is 0.815. The Kier molecular flexibility index (Phi) is 5.27. The lowest BCUT2D eigenvalue weighted by molar-refractivity contribution is -0.123. The van der Waals surface area contributed by atoms with Crippen LogP contribution in [0.15, 0.2) is 0 Å². The van der Waals surface area contributed by atoms with Gasteiger partial charge in [0.2, 0.25) is 11.8 Å². The van der Waals surface area contributed by atoms with Gasteiger partial charge in [-0.1, -0.05) is 0 Å². The van der Waals surface area contributed by atoms with Crippen molar-refractivity contribution >= 4 is 5.91 Å². The number of hydrogen-bond acceptors (Lipinski definition) is 3. The Morgan fingerprint density at radius 3 is 2.65 bits per heavy atom. The number of likely N-dealkylation sites (N-methyl/N-ethyl adjacent to an activating group) is 1. The van der Waals surface area contributed by atoms with Gasteiger partial charge >= 0.3 is 0 Å². The van der Waals surface area contributed by atoms with Crippen LogP contribution >= 0.6 is 0 Å². The van der Waals surface area contributed by atoms with E-state index in [-0.39, 0.29) is 31.3 Å². The summed E-state index contributed by atoms with van der Waals surface area (Å²) in [6, 6.07) is -0.690. The van der Waals surface area contributed by atoms with Crippen molar-refractivity contribution in [1.29, 1.82) is 0 Å². The van der Waals surface area contributed by atoms with E-state index >= 15 is 0 Å². The highest BCUT2D eigenvalue weighted by molar-refractivity contribution is 5.81. The van der Waals surface area contributed by atoms with Crippen molar-refractivity contribution in [3.05, 3.63) is 0 Å². The molecule has 0 aliphatic heterocycles. The van der Waals surface area contributed by atoms with Gasteiger partial charge in [-0.25, -0.2) is 8.78 Å². The largest absolute Gasteiger partial charge is 0.379 e. The van der Waals surface area contributed by atoms with Gasteiger partial charge in [0.25, 0.3) is 0 Å². The van der Waals surface area contributed by atoms with E-state index in [9.17, 15) is 13.6 Å². The van der Waals surface area contributed by atoms with Gasteiger partial charge in [0.15, 0.2) is 0 Å². The van der Waals surface area contributed by atoms with Crippen LogP contribution in [0.25, 0.3) is 0 Å². The zero-order valence-corrected chi connectivity index (χ0v) is 10.0. The van der Waals surface area contributed by atoms with E-state index in [1.165, 1.54) is 7.05 Å². The summed E-state index contributed by atoms with van der Waals surface area (Å²) < 4.78 is 31.0. The predicted octanol–water partition coefficient (Wildman–Crippen LogP) is 0.902. The van der Waals surface area contributed by atoms with Gasteiger partial charge in [-0.3, -0.25) is 4.79 Å². The van der Waals surface area contributed by atoms with Crippen LogP contribution in [0.1, 0.15) is 25.7 Å². The second kappa shape index (κ2) is 6.26. The maximum Gasteiger partial charge on any atom is 0.248 e. The Labute approximate surface area is 99.9 Å². The number of nitrogens with two attached hydrogens (primary N) is 1. The minimum atomic E-state index is -2.50. The number of carbonyl (C=O) groups excluding carboxylic acids is 1. The van der Waals surface area contributed by atoms with E-state index in [2.05, 4.69) is 5.32 Å². The molecule has 0 saturated heterocycles. The average molecular weight is 250 g/mol. The maximum absolute atomic E-state index is 12.9. The fraction of sp³-hybridized carbons (Fsp3) is 0.909. The van der Waals surface area contributed by atoms with Gasteiger partial charge in [0.1, 0.15) is 6.04 Å². The van der Waals surface area contributed by atoms with Crippen molar-refractivity contribution < 1.29 is 18.3 Å². The van der Waals surface area contributed by atoms with Crippen LogP contribution < -0.4 is 11.1 Å². The molecule has 1 rings (SSSR count). The number of nitrogens with one attached hydrogen (secondary N) is 1. The second-order valence-corrected chi connectivity index (χ2v) is 4.56. The van der Waals surface area contributed by atoms with E-state index in [0.717, 1.165) is 0 Å². The smallest absolute Gasteiger partial charge is 0.248 e. The first kappa shape index (κ1) is 14.3. The van der Waals surface area contributed by atoms with Crippen LogP contribution in [0, 0.1) is 5.92 Å². The molecule has 1 fully saturated rings. The minimum Gasteiger partial charge on any atom is -0.379 e. The highest BCUT2D eigenvalue weighted by atomic mass is 19.3. The molecule has 0 spiro atoms. The van der Waals surface area contributed by atoms with Gasteiger partial charge < -0.3 is 15.8 Å². The highest BCUT2D eigenvalue weighted by Gasteiger charge is 2.34. The molecule has 0 aromatic heterocycles. The van der Waals surface area contributed by atoms with Gasteiger partial charge in [0, 0.05) is 26.5 Å². The molecule has 1 aliphatic carbocycles. The highest BCUT2D eigenvalue weighted by Crippen LogP contribution is 2.36. The number of amides is 1. The van der Waals surface area contributed by atoms with Gasteiger partial charge in [-0.15, -0.1) is 0 Å². The first-order valence-electron chi connectivity index (χ1n) is 5.87. The number of ether oxygens (including phenoxy) is 1. The SMILES string of the molecule is CNC(=O)C(N)COCC1CCC(F)(F)CC1. The Balaban J connectivity index is 2.14. The molecule has 6 heteroatoms. The number of rotatable bonds is 5. The standard InChI is InChI=1S/C11H20F2N2O2/c1-15-10(16)9(14)7-17-6-8-2-4-11(12,13)5-3-8/h8-9H,2-7,14H2,1H3,(H,15,16). The molecule has 100 valence electrons.